The highest BCUT2D eigenvalue weighted by Gasteiger charge is 2.15. The number of hydrogen-bond acceptors (Lipinski definition) is 5. The Bertz CT molecular complexity index is 439. The quantitative estimate of drug-likeness (QED) is 0.782. The van der Waals surface area contributed by atoms with Crippen LogP contribution in [0, 0.1) is 0 Å². The Kier molecular flexibility index (Phi) is 5.50. The second-order valence-electron chi connectivity index (χ2n) is 4.20. The van der Waals surface area contributed by atoms with Crippen LogP contribution >= 0.6 is 23.1 Å². The van der Waals surface area contributed by atoms with Crippen molar-refractivity contribution in [1.82, 2.24) is 10.0 Å². The van der Waals surface area contributed by atoms with Crippen molar-refractivity contribution in [3.63, 3.8) is 0 Å². The molecular formula is C11H18N2O2S3. The maximum absolute atomic E-state index is 11.8. The van der Waals surface area contributed by atoms with Crippen LogP contribution in [-0.4, -0.2) is 39.1 Å². The van der Waals surface area contributed by atoms with Gasteiger partial charge in [0.25, 0.3) is 0 Å². The van der Waals surface area contributed by atoms with E-state index in [0.717, 1.165) is 5.75 Å². The van der Waals surface area contributed by atoms with Crippen molar-refractivity contribution in [1.29, 1.82) is 0 Å². The second kappa shape index (κ2) is 6.91. The van der Waals surface area contributed by atoms with Crippen molar-refractivity contribution in [2.75, 3.05) is 24.6 Å². The van der Waals surface area contributed by atoms with Gasteiger partial charge in [0.15, 0.2) is 0 Å². The highest BCUT2D eigenvalue weighted by atomic mass is 32.2. The van der Waals surface area contributed by atoms with Crippen LogP contribution in [-0.2, 0) is 10.0 Å². The van der Waals surface area contributed by atoms with Crippen LogP contribution in [0.15, 0.2) is 21.7 Å². The van der Waals surface area contributed by atoms with Gasteiger partial charge in [0.2, 0.25) is 10.0 Å². The van der Waals surface area contributed by atoms with Gasteiger partial charge in [-0.3, -0.25) is 0 Å². The van der Waals surface area contributed by atoms with E-state index in [-0.39, 0.29) is 0 Å². The van der Waals surface area contributed by atoms with Crippen LogP contribution < -0.4 is 10.0 Å². The largest absolute Gasteiger partial charge is 0.312 e. The van der Waals surface area contributed by atoms with Crippen LogP contribution in [0.3, 0.4) is 0 Å². The molecule has 2 N–H and O–H groups in total. The molecule has 1 atom stereocenters. The summed E-state index contributed by atoms with van der Waals surface area (Å²) in [5.74, 6) is 2.39. The lowest BCUT2D eigenvalue weighted by Gasteiger charge is -2.22. The molecule has 0 aliphatic carbocycles. The molecule has 0 aromatic carbocycles. The SMILES string of the molecule is O=S(=O)(NCCN[C@@H]1CCCSC1)c1cccs1. The van der Waals surface area contributed by atoms with Crippen LogP contribution in [0.1, 0.15) is 12.8 Å². The zero-order valence-corrected chi connectivity index (χ0v) is 12.5. The molecule has 1 aromatic rings. The van der Waals surface area contributed by atoms with Gasteiger partial charge in [-0.25, -0.2) is 13.1 Å². The van der Waals surface area contributed by atoms with Crippen molar-refractivity contribution >= 4 is 33.1 Å². The molecule has 4 nitrogen and oxygen atoms in total. The third kappa shape index (κ3) is 4.24. The third-order valence-corrected chi connectivity index (χ3v) is 6.84. The molecule has 0 amide bonds. The molecule has 1 fully saturated rings. The van der Waals surface area contributed by atoms with Gasteiger partial charge >= 0.3 is 0 Å². The topological polar surface area (TPSA) is 58.2 Å². The minimum atomic E-state index is -3.30. The second-order valence-corrected chi connectivity index (χ2v) is 8.29. The van der Waals surface area contributed by atoms with E-state index >= 15 is 0 Å². The summed E-state index contributed by atoms with van der Waals surface area (Å²) in [6, 6.07) is 3.91. The summed E-state index contributed by atoms with van der Waals surface area (Å²) in [6.45, 7) is 1.14. The number of rotatable bonds is 6. The summed E-state index contributed by atoms with van der Waals surface area (Å²) >= 11 is 3.21. The maximum Gasteiger partial charge on any atom is 0.250 e. The van der Waals surface area contributed by atoms with E-state index in [0.29, 0.717) is 23.3 Å². The molecule has 0 saturated carbocycles. The van der Waals surface area contributed by atoms with E-state index in [4.69, 9.17) is 0 Å². The monoisotopic (exact) mass is 306 g/mol. The molecule has 1 aliphatic heterocycles. The fourth-order valence-electron chi connectivity index (χ4n) is 1.85. The van der Waals surface area contributed by atoms with E-state index in [1.54, 1.807) is 17.5 Å². The van der Waals surface area contributed by atoms with E-state index in [2.05, 4.69) is 10.0 Å². The minimum absolute atomic E-state index is 0.385. The summed E-state index contributed by atoms with van der Waals surface area (Å²) in [4.78, 5) is 0. The first-order valence-electron chi connectivity index (χ1n) is 6.03. The first kappa shape index (κ1) is 14.3. The average Bonchev–Trinajstić information content (AvgIpc) is 2.91. The van der Waals surface area contributed by atoms with Gasteiger partial charge in [-0.15, -0.1) is 11.3 Å². The van der Waals surface area contributed by atoms with E-state index in [1.165, 1.54) is 29.9 Å². The number of hydrogen-bond donors (Lipinski definition) is 2. The molecule has 102 valence electrons. The number of nitrogens with one attached hydrogen (secondary N) is 2. The molecule has 0 spiro atoms. The van der Waals surface area contributed by atoms with Crippen molar-refractivity contribution < 1.29 is 8.42 Å². The Hall–Kier alpha value is -0.0800. The zero-order chi connectivity index (χ0) is 12.8. The average molecular weight is 306 g/mol. The Balaban J connectivity index is 1.69. The summed E-state index contributed by atoms with van der Waals surface area (Å²) < 4.78 is 26.6. The van der Waals surface area contributed by atoms with E-state index in [1.807, 2.05) is 11.8 Å². The van der Waals surface area contributed by atoms with Gasteiger partial charge in [-0.2, -0.15) is 11.8 Å². The van der Waals surface area contributed by atoms with E-state index in [9.17, 15) is 8.42 Å². The minimum Gasteiger partial charge on any atom is -0.312 e. The lowest BCUT2D eigenvalue weighted by atomic mass is 10.2. The smallest absolute Gasteiger partial charge is 0.250 e. The Morgan fingerprint density at radius 1 is 1.39 bits per heavy atom. The highest BCUT2D eigenvalue weighted by Crippen LogP contribution is 2.17. The Morgan fingerprint density at radius 2 is 2.28 bits per heavy atom. The van der Waals surface area contributed by atoms with Crippen LogP contribution in [0.5, 0.6) is 0 Å². The summed E-state index contributed by atoms with van der Waals surface area (Å²) in [5.41, 5.74) is 0. The Morgan fingerprint density at radius 3 is 2.94 bits per heavy atom. The molecule has 0 radical (unpaired) electrons. The standard InChI is InChI=1S/C11H18N2O2S3/c14-18(15,11-4-2-8-17-11)13-6-5-12-10-3-1-7-16-9-10/h2,4,8,10,12-13H,1,3,5-7,9H2/t10-/m1/s1. The zero-order valence-electron chi connectivity index (χ0n) is 10.1. The molecule has 0 bridgehead atoms. The van der Waals surface area contributed by atoms with Gasteiger partial charge in [-0.05, 0) is 30.0 Å². The van der Waals surface area contributed by atoms with Gasteiger partial charge in [-0.1, -0.05) is 6.07 Å². The van der Waals surface area contributed by atoms with Crippen LogP contribution in [0.4, 0.5) is 0 Å². The number of sulfonamides is 1. The Labute approximate surface area is 117 Å². The first-order chi connectivity index (χ1) is 8.68. The molecule has 0 unspecified atom stereocenters. The molecule has 7 heteroatoms. The van der Waals surface area contributed by atoms with Crippen molar-refractivity contribution in [2.45, 2.75) is 23.1 Å². The molecular weight excluding hydrogens is 288 g/mol. The molecule has 1 aliphatic rings. The predicted octanol–water partition coefficient (Wildman–Crippen LogP) is 1.51. The van der Waals surface area contributed by atoms with Crippen LogP contribution in [0.25, 0.3) is 0 Å². The van der Waals surface area contributed by atoms with E-state index < -0.39 is 10.0 Å². The fourth-order valence-corrected chi connectivity index (χ4v) is 5.03. The molecule has 2 heterocycles. The van der Waals surface area contributed by atoms with Crippen LogP contribution in [0.2, 0.25) is 0 Å². The fraction of sp³-hybridized carbons (Fsp3) is 0.636. The lowest BCUT2D eigenvalue weighted by molar-refractivity contribution is 0.506. The summed E-state index contributed by atoms with van der Waals surface area (Å²) in [6.07, 6.45) is 2.45. The highest BCUT2D eigenvalue weighted by molar-refractivity contribution is 7.99. The number of thiophene rings is 1. The first-order valence-corrected chi connectivity index (χ1v) is 9.54. The summed E-state index contributed by atoms with van der Waals surface area (Å²) in [5, 5.41) is 5.16. The van der Waals surface area contributed by atoms with Gasteiger partial charge in [0, 0.05) is 24.9 Å². The molecule has 1 saturated heterocycles. The molecule has 2 rings (SSSR count). The number of thioether (sulfide) groups is 1. The van der Waals surface area contributed by atoms with Crippen molar-refractivity contribution in [3.05, 3.63) is 17.5 Å². The van der Waals surface area contributed by atoms with Crippen molar-refractivity contribution in [3.8, 4) is 0 Å². The third-order valence-electron chi connectivity index (χ3n) is 2.77. The normalized spacial score (nSPS) is 21.0. The lowest BCUT2D eigenvalue weighted by Crippen LogP contribution is -2.39. The van der Waals surface area contributed by atoms with Gasteiger partial charge < -0.3 is 5.32 Å². The molecule has 18 heavy (non-hydrogen) atoms. The summed E-state index contributed by atoms with van der Waals surface area (Å²) in [7, 11) is -3.30. The van der Waals surface area contributed by atoms with Crippen molar-refractivity contribution in [2.24, 2.45) is 0 Å². The van der Waals surface area contributed by atoms with Gasteiger partial charge in [0.1, 0.15) is 4.21 Å². The molecule has 1 aromatic heterocycles. The van der Waals surface area contributed by atoms with Gasteiger partial charge in [0.05, 0.1) is 0 Å². The predicted molar refractivity (Wildman–Crippen MR) is 77.9 cm³/mol. The maximum atomic E-state index is 11.8.